The molecule has 1 aromatic heterocycles. The summed E-state index contributed by atoms with van der Waals surface area (Å²) in [6.07, 6.45) is 0. The summed E-state index contributed by atoms with van der Waals surface area (Å²) < 4.78 is 5.35. The summed E-state index contributed by atoms with van der Waals surface area (Å²) >= 11 is 11.6. The number of hydrogen-bond donors (Lipinski definition) is 0. The van der Waals surface area contributed by atoms with Gasteiger partial charge < -0.3 is 4.74 Å². The molecule has 19 heavy (non-hydrogen) atoms. The van der Waals surface area contributed by atoms with Crippen LogP contribution in [0.15, 0.2) is 24.3 Å². The number of aryl methyl sites for hydroxylation is 1. The van der Waals surface area contributed by atoms with Crippen LogP contribution in [-0.2, 0) is 0 Å². The normalized spacial score (nSPS) is 10.3. The van der Waals surface area contributed by atoms with E-state index in [-0.39, 0.29) is 28.3 Å². The van der Waals surface area contributed by atoms with Gasteiger partial charge in [-0.3, -0.25) is 10.1 Å². The smallest absolute Gasteiger partial charge is 0.352 e. The second-order valence-electron chi connectivity index (χ2n) is 3.52. The molecule has 0 unspecified atom stereocenters. The van der Waals surface area contributed by atoms with Crippen LogP contribution in [0.2, 0.25) is 10.3 Å². The van der Waals surface area contributed by atoms with Crippen LogP contribution in [0.25, 0.3) is 0 Å². The molecular formula is C11H7Cl2N3O3. The Bertz CT molecular complexity index is 649. The van der Waals surface area contributed by atoms with Crippen LogP contribution in [0.3, 0.4) is 0 Å². The van der Waals surface area contributed by atoms with Gasteiger partial charge in [0, 0.05) is 0 Å². The Labute approximate surface area is 118 Å². The van der Waals surface area contributed by atoms with E-state index >= 15 is 0 Å². The van der Waals surface area contributed by atoms with E-state index in [9.17, 15) is 10.1 Å². The highest BCUT2D eigenvalue weighted by Crippen LogP contribution is 2.35. The molecule has 0 aliphatic heterocycles. The van der Waals surface area contributed by atoms with Gasteiger partial charge in [-0.1, -0.05) is 23.7 Å². The summed E-state index contributed by atoms with van der Waals surface area (Å²) in [6, 6.07) is 6.56. The van der Waals surface area contributed by atoms with E-state index in [2.05, 4.69) is 9.97 Å². The van der Waals surface area contributed by atoms with Crippen molar-refractivity contribution < 1.29 is 9.66 Å². The largest absolute Gasteiger partial charge is 0.432 e. The maximum Gasteiger partial charge on any atom is 0.352 e. The predicted molar refractivity (Wildman–Crippen MR) is 70.0 cm³/mol. The van der Waals surface area contributed by atoms with Gasteiger partial charge in [0.25, 0.3) is 0 Å². The molecule has 0 fully saturated rings. The number of hydrogen-bond acceptors (Lipinski definition) is 5. The van der Waals surface area contributed by atoms with Gasteiger partial charge in [-0.15, -0.1) is 0 Å². The summed E-state index contributed by atoms with van der Waals surface area (Å²) in [4.78, 5) is 17.8. The second kappa shape index (κ2) is 5.38. The van der Waals surface area contributed by atoms with Gasteiger partial charge in [-0.25, -0.2) is 4.98 Å². The maximum atomic E-state index is 11.0. The lowest BCUT2D eigenvalue weighted by Crippen LogP contribution is -2.01. The summed E-state index contributed by atoms with van der Waals surface area (Å²) in [6.45, 7) is 1.45. The lowest BCUT2D eigenvalue weighted by Gasteiger charge is -2.07. The van der Waals surface area contributed by atoms with Gasteiger partial charge in [-0.05, 0) is 30.7 Å². The number of nitrogens with zero attached hydrogens (tertiary/aromatic N) is 3. The number of ether oxygens (including phenoxy) is 1. The standard InChI is InChI=1S/C11H7Cl2N3O3/c1-6-9(16(17)18)10(15-11(13)14-6)19-8-5-3-2-4-7(8)12/h2-5H,1H3. The molecule has 0 aliphatic rings. The third-order valence-corrected chi connectivity index (χ3v) is 2.71. The van der Waals surface area contributed by atoms with Gasteiger partial charge in [0.05, 0.1) is 9.95 Å². The number of halogens is 2. The van der Waals surface area contributed by atoms with Crippen molar-refractivity contribution in [2.75, 3.05) is 0 Å². The van der Waals surface area contributed by atoms with Crippen LogP contribution in [-0.4, -0.2) is 14.9 Å². The Morgan fingerprint density at radius 2 is 1.95 bits per heavy atom. The third-order valence-electron chi connectivity index (χ3n) is 2.22. The van der Waals surface area contributed by atoms with Crippen molar-refractivity contribution in [3.63, 3.8) is 0 Å². The first-order chi connectivity index (χ1) is 8.99. The fraction of sp³-hybridized carbons (Fsp3) is 0.0909. The number of aromatic nitrogens is 2. The van der Waals surface area contributed by atoms with Gasteiger partial charge in [0.2, 0.25) is 5.28 Å². The monoisotopic (exact) mass is 299 g/mol. The molecule has 0 radical (unpaired) electrons. The highest BCUT2D eigenvalue weighted by molar-refractivity contribution is 6.32. The molecule has 98 valence electrons. The molecular weight excluding hydrogens is 293 g/mol. The topological polar surface area (TPSA) is 78.2 Å². The van der Waals surface area contributed by atoms with Crippen LogP contribution in [0.5, 0.6) is 11.6 Å². The van der Waals surface area contributed by atoms with E-state index < -0.39 is 4.92 Å². The third kappa shape index (κ3) is 2.91. The first-order valence-corrected chi connectivity index (χ1v) is 5.85. The van der Waals surface area contributed by atoms with Crippen molar-refractivity contribution in [3.05, 3.63) is 50.4 Å². The van der Waals surface area contributed by atoms with E-state index in [4.69, 9.17) is 27.9 Å². The second-order valence-corrected chi connectivity index (χ2v) is 4.27. The van der Waals surface area contributed by atoms with Gasteiger partial charge in [0.1, 0.15) is 11.4 Å². The number of para-hydroxylation sites is 1. The maximum absolute atomic E-state index is 11.0. The summed E-state index contributed by atoms with van der Waals surface area (Å²) in [7, 11) is 0. The zero-order chi connectivity index (χ0) is 14.0. The van der Waals surface area contributed by atoms with Crippen LogP contribution in [0.4, 0.5) is 5.69 Å². The first kappa shape index (κ1) is 13.5. The zero-order valence-corrected chi connectivity index (χ0v) is 11.1. The number of rotatable bonds is 3. The molecule has 0 saturated heterocycles. The average molecular weight is 300 g/mol. The van der Waals surface area contributed by atoms with E-state index in [0.29, 0.717) is 5.02 Å². The summed E-state index contributed by atoms with van der Waals surface area (Å²) in [5.41, 5.74) is -0.226. The van der Waals surface area contributed by atoms with Crippen molar-refractivity contribution in [2.24, 2.45) is 0 Å². The molecule has 0 saturated carbocycles. The fourth-order valence-electron chi connectivity index (χ4n) is 1.42. The molecule has 0 bridgehead atoms. The van der Waals surface area contributed by atoms with E-state index in [1.54, 1.807) is 24.3 Å². The first-order valence-electron chi connectivity index (χ1n) is 5.10. The zero-order valence-electron chi connectivity index (χ0n) is 9.63. The molecule has 6 nitrogen and oxygen atoms in total. The number of nitro groups is 1. The summed E-state index contributed by atoms with van der Waals surface area (Å²) in [5.74, 6) is 0.0111. The minimum atomic E-state index is -0.627. The Morgan fingerprint density at radius 1 is 1.26 bits per heavy atom. The Hall–Kier alpha value is -1.92. The highest BCUT2D eigenvalue weighted by atomic mass is 35.5. The Kier molecular flexibility index (Phi) is 3.82. The van der Waals surface area contributed by atoms with Gasteiger partial charge in [-0.2, -0.15) is 4.98 Å². The molecule has 0 amide bonds. The molecule has 1 heterocycles. The van der Waals surface area contributed by atoms with Crippen molar-refractivity contribution in [1.82, 2.24) is 9.97 Å². The molecule has 2 aromatic rings. The average Bonchev–Trinajstić information content (AvgIpc) is 2.30. The lowest BCUT2D eigenvalue weighted by atomic mass is 10.3. The van der Waals surface area contributed by atoms with Crippen molar-refractivity contribution in [3.8, 4) is 11.6 Å². The SMILES string of the molecule is Cc1nc(Cl)nc(Oc2ccccc2Cl)c1[N+](=O)[O-]. The van der Waals surface area contributed by atoms with E-state index in [1.807, 2.05) is 0 Å². The van der Waals surface area contributed by atoms with Crippen molar-refractivity contribution >= 4 is 28.9 Å². The Morgan fingerprint density at radius 3 is 2.58 bits per heavy atom. The van der Waals surface area contributed by atoms with Gasteiger partial charge in [0.15, 0.2) is 0 Å². The lowest BCUT2D eigenvalue weighted by molar-refractivity contribution is -0.386. The van der Waals surface area contributed by atoms with Crippen LogP contribution >= 0.6 is 23.2 Å². The fourth-order valence-corrected chi connectivity index (χ4v) is 1.80. The minimum Gasteiger partial charge on any atom is -0.432 e. The molecule has 0 N–H and O–H groups in total. The van der Waals surface area contributed by atoms with Crippen molar-refractivity contribution in [2.45, 2.75) is 6.92 Å². The minimum absolute atomic E-state index is 0.118. The molecule has 0 spiro atoms. The number of benzene rings is 1. The van der Waals surface area contributed by atoms with Crippen molar-refractivity contribution in [1.29, 1.82) is 0 Å². The molecule has 0 atom stereocenters. The van der Waals surface area contributed by atoms with Crippen LogP contribution in [0.1, 0.15) is 5.69 Å². The highest BCUT2D eigenvalue weighted by Gasteiger charge is 2.24. The predicted octanol–water partition coefficient (Wildman–Crippen LogP) is 3.79. The molecule has 2 rings (SSSR count). The summed E-state index contributed by atoms with van der Waals surface area (Å²) in [5, 5.41) is 11.2. The Balaban J connectivity index is 2.51. The molecule has 8 heteroatoms. The quantitative estimate of drug-likeness (QED) is 0.489. The van der Waals surface area contributed by atoms with Crippen LogP contribution < -0.4 is 4.74 Å². The van der Waals surface area contributed by atoms with Gasteiger partial charge >= 0.3 is 11.6 Å². The van der Waals surface area contributed by atoms with Crippen LogP contribution in [0, 0.1) is 17.0 Å². The van der Waals surface area contributed by atoms with E-state index in [0.717, 1.165) is 0 Å². The molecule has 1 aromatic carbocycles. The van der Waals surface area contributed by atoms with E-state index in [1.165, 1.54) is 6.92 Å². The molecule has 0 aliphatic carbocycles.